The van der Waals surface area contributed by atoms with Crippen LogP contribution < -0.4 is 0 Å². The highest BCUT2D eigenvalue weighted by Crippen LogP contribution is 2.10. The van der Waals surface area contributed by atoms with Gasteiger partial charge in [0, 0.05) is 6.42 Å². The first-order chi connectivity index (χ1) is 4.92. The van der Waals surface area contributed by atoms with Crippen LogP contribution in [0.3, 0.4) is 0 Å². The Kier molecular flexibility index (Phi) is 5.03. The average molecular weight is 182 g/mol. The molecule has 0 aromatic heterocycles. The van der Waals surface area contributed by atoms with Gasteiger partial charge in [0.05, 0.1) is 5.44 Å². The first kappa shape index (κ1) is 11.2. The van der Waals surface area contributed by atoms with Gasteiger partial charge in [-0.05, 0) is 19.3 Å². The molecular formula is C6H14O4S. The second-order valence-corrected chi connectivity index (χ2v) is 3.10. The quantitative estimate of drug-likeness (QED) is 0.224. The van der Waals surface area contributed by atoms with Gasteiger partial charge in [-0.2, -0.15) is 0 Å². The van der Waals surface area contributed by atoms with Gasteiger partial charge >= 0.3 is 0 Å². The molecule has 0 fully saturated rings. The largest absolute Gasteiger partial charge is 0.383 e. The van der Waals surface area contributed by atoms with E-state index < -0.39 is 11.4 Å². The molecule has 0 aliphatic carbocycles. The molecule has 4 nitrogen and oxygen atoms in total. The normalized spacial score (nSPS) is 15.0. The Bertz CT molecular complexity index is 99.2. The van der Waals surface area contributed by atoms with Crippen LogP contribution in [-0.2, 0) is 0 Å². The second-order valence-electron chi connectivity index (χ2n) is 2.50. The third kappa shape index (κ3) is 10.2. The van der Waals surface area contributed by atoms with Gasteiger partial charge in [-0.15, -0.1) is 12.6 Å². The van der Waals surface area contributed by atoms with Crippen molar-refractivity contribution in [1.29, 1.82) is 0 Å². The highest BCUT2D eigenvalue weighted by Gasteiger charge is 2.16. The number of aliphatic hydroxyl groups is 4. The van der Waals surface area contributed by atoms with E-state index in [1.54, 1.807) is 0 Å². The standard InChI is InChI=1S/C6H14O4S/c7-5(11)3-1-2-4-6(8,9)10/h5,7-11H,1-4H2. The van der Waals surface area contributed by atoms with Gasteiger partial charge in [-0.1, -0.05) is 0 Å². The molecule has 0 amide bonds. The summed E-state index contributed by atoms with van der Waals surface area (Å²) in [6, 6.07) is 0. The lowest BCUT2D eigenvalue weighted by Crippen LogP contribution is -2.26. The van der Waals surface area contributed by atoms with E-state index in [0.717, 1.165) is 0 Å². The van der Waals surface area contributed by atoms with Crippen molar-refractivity contribution in [2.45, 2.75) is 37.1 Å². The summed E-state index contributed by atoms with van der Waals surface area (Å²) in [7, 11) is 0. The van der Waals surface area contributed by atoms with Crippen molar-refractivity contribution in [2.24, 2.45) is 0 Å². The minimum absolute atomic E-state index is 0.104. The van der Waals surface area contributed by atoms with Crippen molar-refractivity contribution in [3.8, 4) is 0 Å². The predicted octanol–water partition coefficient (Wildman–Crippen LogP) is -0.574. The molecule has 1 unspecified atom stereocenters. The molecule has 0 aromatic carbocycles. The number of thiol groups is 1. The lowest BCUT2D eigenvalue weighted by Gasteiger charge is -2.13. The van der Waals surface area contributed by atoms with Crippen LogP contribution in [-0.4, -0.2) is 31.8 Å². The van der Waals surface area contributed by atoms with E-state index in [2.05, 4.69) is 12.6 Å². The molecule has 0 aromatic rings. The molecular weight excluding hydrogens is 168 g/mol. The summed E-state index contributed by atoms with van der Waals surface area (Å²) >= 11 is 3.71. The van der Waals surface area contributed by atoms with E-state index in [4.69, 9.17) is 20.4 Å². The molecule has 0 aliphatic rings. The molecule has 0 saturated carbocycles. The molecule has 1 atom stereocenters. The summed E-state index contributed by atoms with van der Waals surface area (Å²) in [6.07, 6.45) is 1.43. The molecule has 0 aliphatic heterocycles. The molecule has 0 radical (unpaired) electrons. The molecule has 68 valence electrons. The van der Waals surface area contributed by atoms with Crippen molar-refractivity contribution in [3.63, 3.8) is 0 Å². The lowest BCUT2D eigenvalue weighted by atomic mass is 10.2. The Labute approximate surface area is 70.9 Å². The van der Waals surface area contributed by atoms with E-state index in [1.807, 2.05) is 0 Å². The zero-order valence-corrected chi connectivity index (χ0v) is 7.04. The summed E-state index contributed by atoms with van der Waals surface area (Å²) in [5, 5.41) is 33.9. The van der Waals surface area contributed by atoms with Gasteiger partial charge in [-0.3, -0.25) is 0 Å². The Balaban J connectivity index is 3.15. The molecule has 11 heavy (non-hydrogen) atoms. The van der Waals surface area contributed by atoms with Gasteiger partial charge in [0.15, 0.2) is 0 Å². The lowest BCUT2D eigenvalue weighted by molar-refractivity contribution is -0.315. The van der Waals surface area contributed by atoms with Gasteiger partial charge in [0.2, 0.25) is 0 Å². The number of rotatable bonds is 5. The minimum atomic E-state index is -2.57. The summed E-state index contributed by atoms with van der Waals surface area (Å²) in [6.45, 7) is 0. The van der Waals surface area contributed by atoms with E-state index in [9.17, 15) is 0 Å². The zero-order chi connectivity index (χ0) is 8.91. The summed E-state index contributed by atoms with van der Waals surface area (Å²) in [4.78, 5) is 0. The minimum Gasteiger partial charge on any atom is -0.383 e. The van der Waals surface area contributed by atoms with E-state index in [0.29, 0.717) is 19.3 Å². The number of hydrogen-bond acceptors (Lipinski definition) is 5. The summed E-state index contributed by atoms with van der Waals surface area (Å²) in [5.41, 5.74) is -0.666. The number of unbranched alkanes of at least 4 members (excludes halogenated alkanes) is 1. The Morgan fingerprint density at radius 3 is 2.09 bits per heavy atom. The fourth-order valence-electron chi connectivity index (χ4n) is 0.689. The highest BCUT2D eigenvalue weighted by atomic mass is 32.1. The van der Waals surface area contributed by atoms with Crippen molar-refractivity contribution >= 4 is 12.6 Å². The van der Waals surface area contributed by atoms with Crippen LogP contribution in [0.25, 0.3) is 0 Å². The maximum absolute atomic E-state index is 8.66. The maximum Gasteiger partial charge on any atom is 0.275 e. The van der Waals surface area contributed by atoms with Crippen LogP contribution in [0.15, 0.2) is 0 Å². The molecule has 5 heteroatoms. The smallest absolute Gasteiger partial charge is 0.275 e. The second kappa shape index (κ2) is 4.95. The molecule has 0 heterocycles. The van der Waals surface area contributed by atoms with Gasteiger partial charge < -0.3 is 20.4 Å². The summed E-state index contributed by atoms with van der Waals surface area (Å²) < 4.78 is 0. The SMILES string of the molecule is OC(S)CCCCC(O)(O)O. The fraction of sp³-hybridized carbons (Fsp3) is 1.00. The van der Waals surface area contributed by atoms with Crippen LogP contribution in [0.1, 0.15) is 25.7 Å². The summed E-state index contributed by atoms with van der Waals surface area (Å²) in [5.74, 6) is -2.57. The van der Waals surface area contributed by atoms with Crippen LogP contribution in [0, 0.1) is 0 Å². The van der Waals surface area contributed by atoms with Gasteiger partial charge in [0.25, 0.3) is 5.97 Å². The van der Waals surface area contributed by atoms with Crippen LogP contribution in [0.5, 0.6) is 0 Å². The fourth-order valence-corrected chi connectivity index (χ4v) is 0.872. The molecule has 0 saturated heterocycles. The maximum atomic E-state index is 8.66. The molecule has 0 bridgehead atoms. The van der Waals surface area contributed by atoms with Crippen molar-refractivity contribution in [2.75, 3.05) is 0 Å². The van der Waals surface area contributed by atoms with Crippen LogP contribution in [0.2, 0.25) is 0 Å². The van der Waals surface area contributed by atoms with Crippen molar-refractivity contribution in [3.05, 3.63) is 0 Å². The molecule has 0 rings (SSSR count). The Morgan fingerprint density at radius 2 is 1.73 bits per heavy atom. The topological polar surface area (TPSA) is 80.9 Å². The first-order valence-electron chi connectivity index (χ1n) is 3.45. The van der Waals surface area contributed by atoms with E-state index >= 15 is 0 Å². The zero-order valence-electron chi connectivity index (χ0n) is 6.14. The third-order valence-electron chi connectivity index (χ3n) is 1.22. The van der Waals surface area contributed by atoms with Gasteiger partial charge in [0.1, 0.15) is 0 Å². The van der Waals surface area contributed by atoms with Crippen molar-refractivity contribution < 1.29 is 20.4 Å². The predicted molar refractivity (Wildman–Crippen MR) is 42.8 cm³/mol. The third-order valence-corrected chi connectivity index (χ3v) is 1.48. The average Bonchev–Trinajstić information content (AvgIpc) is 1.78. The van der Waals surface area contributed by atoms with Crippen LogP contribution >= 0.6 is 12.6 Å². The van der Waals surface area contributed by atoms with E-state index in [1.165, 1.54) is 0 Å². The number of hydrogen-bond donors (Lipinski definition) is 5. The highest BCUT2D eigenvalue weighted by molar-refractivity contribution is 7.80. The Morgan fingerprint density at radius 1 is 1.18 bits per heavy atom. The van der Waals surface area contributed by atoms with Gasteiger partial charge in [-0.25, -0.2) is 0 Å². The van der Waals surface area contributed by atoms with Crippen LogP contribution in [0.4, 0.5) is 0 Å². The monoisotopic (exact) mass is 182 g/mol. The van der Waals surface area contributed by atoms with E-state index in [-0.39, 0.29) is 6.42 Å². The number of aliphatic hydroxyl groups excluding tert-OH is 1. The first-order valence-corrected chi connectivity index (χ1v) is 3.97. The van der Waals surface area contributed by atoms with Crippen molar-refractivity contribution in [1.82, 2.24) is 0 Å². The molecule has 0 spiro atoms. The molecule has 4 N–H and O–H groups in total. The Hall–Kier alpha value is 0.190.